The number of aryl methyl sites for hydroxylation is 1. The van der Waals surface area contributed by atoms with Gasteiger partial charge in [0, 0.05) is 19.5 Å². The molecule has 0 aliphatic rings. The maximum absolute atomic E-state index is 12.1. The minimum atomic E-state index is -0.315. The molecule has 2 rings (SSSR count). The molecule has 2 aromatic rings. The number of benzene rings is 1. The minimum Gasteiger partial charge on any atom is -0.459 e. The summed E-state index contributed by atoms with van der Waals surface area (Å²) in [5.41, 5.74) is 2.46. The summed E-state index contributed by atoms with van der Waals surface area (Å²) >= 11 is 0. The second-order valence-electron chi connectivity index (χ2n) is 6.36. The van der Waals surface area contributed by atoms with Crippen LogP contribution in [0.3, 0.4) is 0 Å². The van der Waals surface area contributed by atoms with Crippen LogP contribution in [0.15, 0.2) is 47.1 Å². The number of nitrogens with one attached hydrogen (secondary N) is 2. The maximum atomic E-state index is 12.1. The first-order valence-electron chi connectivity index (χ1n) is 8.85. The van der Waals surface area contributed by atoms with E-state index in [1.165, 1.54) is 17.4 Å². The lowest BCUT2D eigenvalue weighted by Gasteiger charge is -2.25. The van der Waals surface area contributed by atoms with Crippen molar-refractivity contribution >= 4 is 11.8 Å². The first-order valence-corrected chi connectivity index (χ1v) is 8.85. The number of nitrogens with zero attached hydrogens (tertiary/aromatic N) is 1. The lowest BCUT2D eigenvalue weighted by molar-refractivity contribution is -0.121. The van der Waals surface area contributed by atoms with E-state index in [0.29, 0.717) is 6.54 Å². The molecule has 0 spiro atoms. The standard InChI is InChI=1S/C20H27N3O3/c1-4-15-7-9-16(10-8-15)17(23(2)3)14-22-19(24)11-12-21-20(25)18-6-5-13-26-18/h5-10,13,17H,4,11-12,14H2,1-3H3,(H,21,25)(H,22,24). The highest BCUT2D eigenvalue weighted by Gasteiger charge is 2.15. The number of likely N-dealkylation sites (N-methyl/N-ethyl adjacent to an activating group) is 1. The molecule has 0 aliphatic carbocycles. The van der Waals surface area contributed by atoms with E-state index in [0.717, 1.165) is 6.42 Å². The van der Waals surface area contributed by atoms with Gasteiger partial charge >= 0.3 is 0 Å². The predicted molar refractivity (Wildman–Crippen MR) is 101 cm³/mol. The zero-order chi connectivity index (χ0) is 18.9. The van der Waals surface area contributed by atoms with Crippen LogP contribution in [0.2, 0.25) is 0 Å². The number of carbonyl (C=O) groups is 2. The van der Waals surface area contributed by atoms with Crippen molar-refractivity contribution < 1.29 is 14.0 Å². The number of amides is 2. The van der Waals surface area contributed by atoms with Gasteiger partial charge in [-0.2, -0.15) is 0 Å². The zero-order valence-electron chi connectivity index (χ0n) is 15.6. The topological polar surface area (TPSA) is 74.6 Å². The van der Waals surface area contributed by atoms with Crippen LogP contribution >= 0.6 is 0 Å². The summed E-state index contributed by atoms with van der Waals surface area (Å²) in [6.07, 6.45) is 2.67. The molecule has 0 radical (unpaired) electrons. The first-order chi connectivity index (χ1) is 12.5. The Balaban J connectivity index is 1.78. The van der Waals surface area contributed by atoms with Crippen molar-refractivity contribution in [2.24, 2.45) is 0 Å². The van der Waals surface area contributed by atoms with Crippen molar-refractivity contribution in [2.45, 2.75) is 25.8 Å². The van der Waals surface area contributed by atoms with E-state index in [1.54, 1.807) is 12.1 Å². The highest BCUT2D eigenvalue weighted by molar-refractivity contribution is 5.91. The Morgan fingerprint density at radius 1 is 1.12 bits per heavy atom. The molecule has 1 heterocycles. The summed E-state index contributed by atoms with van der Waals surface area (Å²) in [5, 5.41) is 5.61. The fraction of sp³-hybridized carbons (Fsp3) is 0.400. The van der Waals surface area contributed by atoms with Gasteiger partial charge in [0.05, 0.1) is 12.3 Å². The van der Waals surface area contributed by atoms with Crippen LogP contribution in [-0.4, -0.2) is 43.9 Å². The molecule has 0 fully saturated rings. The van der Waals surface area contributed by atoms with Gasteiger partial charge < -0.3 is 20.0 Å². The van der Waals surface area contributed by atoms with Gasteiger partial charge in [0.1, 0.15) is 0 Å². The molecule has 140 valence electrons. The number of rotatable bonds is 9. The molecule has 1 aromatic carbocycles. The molecule has 6 heteroatoms. The molecule has 26 heavy (non-hydrogen) atoms. The molecule has 0 saturated carbocycles. The summed E-state index contributed by atoms with van der Waals surface area (Å²) in [5.74, 6) is -0.166. The average Bonchev–Trinajstić information content (AvgIpc) is 3.17. The molecule has 0 aliphatic heterocycles. The Morgan fingerprint density at radius 2 is 1.85 bits per heavy atom. The molecule has 1 aromatic heterocycles. The van der Waals surface area contributed by atoms with Gasteiger partial charge in [-0.25, -0.2) is 0 Å². The molecule has 0 bridgehead atoms. The highest BCUT2D eigenvalue weighted by atomic mass is 16.3. The second-order valence-corrected chi connectivity index (χ2v) is 6.36. The van der Waals surface area contributed by atoms with Crippen LogP contribution in [0.1, 0.15) is 41.1 Å². The Morgan fingerprint density at radius 3 is 2.42 bits per heavy atom. The Kier molecular flexibility index (Phi) is 7.41. The van der Waals surface area contributed by atoms with E-state index >= 15 is 0 Å². The summed E-state index contributed by atoms with van der Waals surface area (Å²) in [4.78, 5) is 25.9. The Hall–Kier alpha value is -2.60. The summed E-state index contributed by atoms with van der Waals surface area (Å²) in [7, 11) is 3.99. The van der Waals surface area contributed by atoms with Crippen LogP contribution in [0.25, 0.3) is 0 Å². The summed E-state index contributed by atoms with van der Waals surface area (Å²) < 4.78 is 5.01. The number of carbonyl (C=O) groups excluding carboxylic acids is 2. The van der Waals surface area contributed by atoms with Gasteiger partial charge in [-0.15, -0.1) is 0 Å². The minimum absolute atomic E-state index is 0.0956. The van der Waals surface area contributed by atoms with Crippen molar-refractivity contribution in [1.82, 2.24) is 15.5 Å². The van der Waals surface area contributed by atoms with E-state index in [-0.39, 0.29) is 36.6 Å². The van der Waals surface area contributed by atoms with Crippen LogP contribution in [-0.2, 0) is 11.2 Å². The predicted octanol–water partition coefficient (Wildman–Crippen LogP) is 2.38. The van der Waals surface area contributed by atoms with Gasteiger partial charge in [-0.1, -0.05) is 31.2 Å². The molecule has 2 N–H and O–H groups in total. The fourth-order valence-corrected chi connectivity index (χ4v) is 2.66. The number of furan rings is 1. The Bertz CT molecular complexity index is 694. The van der Waals surface area contributed by atoms with E-state index in [1.807, 2.05) is 14.1 Å². The largest absolute Gasteiger partial charge is 0.459 e. The molecule has 2 amide bonds. The smallest absolute Gasteiger partial charge is 0.286 e. The Labute approximate surface area is 154 Å². The normalized spacial score (nSPS) is 12.0. The van der Waals surface area contributed by atoms with Crippen LogP contribution in [0, 0.1) is 0 Å². The third kappa shape index (κ3) is 5.74. The molecular weight excluding hydrogens is 330 g/mol. The fourth-order valence-electron chi connectivity index (χ4n) is 2.66. The first kappa shape index (κ1) is 19.7. The average molecular weight is 357 g/mol. The van der Waals surface area contributed by atoms with E-state index < -0.39 is 0 Å². The monoisotopic (exact) mass is 357 g/mol. The highest BCUT2D eigenvalue weighted by Crippen LogP contribution is 2.18. The third-order valence-corrected chi connectivity index (χ3v) is 4.27. The SMILES string of the molecule is CCc1ccc(C(CNC(=O)CCNC(=O)c2ccco2)N(C)C)cc1. The van der Waals surface area contributed by atoms with Gasteiger partial charge in [0.2, 0.25) is 5.91 Å². The van der Waals surface area contributed by atoms with Gasteiger partial charge in [-0.05, 0) is 43.8 Å². The van der Waals surface area contributed by atoms with Crippen molar-refractivity contribution in [1.29, 1.82) is 0 Å². The van der Waals surface area contributed by atoms with E-state index in [9.17, 15) is 9.59 Å². The zero-order valence-corrected chi connectivity index (χ0v) is 15.6. The molecule has 1 atom stereocenters. The molecule has 1 unspecified atom stereocenters. The maximum Gasteiger partial charge on any atom is 0.286 e. The van der Waals surface area contributed by atoms with Crippen molar-refractivity contribution in [3.8, 4) is 0 Å². The van der Waals surface area contributed by atoms with E-state index in [4.69, 9.17) is 4.42 Å². The van der Waals surface area contributed by atoms with Crippen molar-refractivity contribution in [3.63, 3.8) is 0 Å². The summed E-state index contributed by atoms with van der Waals surface area (Å²) in [6.45, 7) is 2.91. The lowest BCUT2D eigenvalue weighted by Crippen LogP contribution is -2.36. The van der Waals surface area contributed by atoms with Crippen molar-refractivity contribution in [3.05, 3.63) is 59.5 Å². The van der Waals surface area contributed by atoms with Crippen LogP contribution in [0.5, 0.6) is 0 Å². The third-order valence-electron chi connectivity index (χ3n) is 4.27. The summed E-state index contributed by atoms with van der Waals surface area (Å²) in [6, 6.07) is 11.8. The van der Waals surface area contributed by atoms with Gasteiger partial charge in [0.25, 0.3) is 5.91 Å². The van der Waals surface area contributed by atoms with Crippen LogP contribution in [0.4, 0.5) is 0 Å². The van der Waals surface area contributed by atoms with E-state index in [2.05, 4.69) is 46.7 Å². The number of hydrogen-bond donors (Lipinski definition) is 2. The number of hydrogen-bond acceptors (Lipinski definition) is 4. The van der Waals surface area contributed by atoms with Crippen LogP contribution < -0.4 is 10.6 Å². The molecular formula is C20H27N3O3. The molecule has 6 nitrogen and oxygen atoms in total. The second kappa shape index (κ2) is 9.77. The molecule has 0 saturated heterocycles. The van der Waals surface area contributed by atoms with Gasteiger partial charge in [0.15, 0.2) is 5.76 Å². The quantitative estimate of drug-likeness (QED) is 0.723. The van der Waals surface area contributed by atoms with Gasteiger partial charge in [-0.3, -0.25) is 9.59 Å². The van der Waals surface area contributed by atoms with Crippen molar-refractivity contribution in [2.75, 3.05) is 27.2 Å². The lowest BCUT2D eigenvalue weighted by atomic mass is 10.0.